The van der Waals surface area contributed by atoms with E-state index in [2.05, 4.69) is 20.9 Å². The maximum absolute atomic E-state index is 13.4. The van der Waals surface area contributed by atoms with Crippen LogP contribution in [0.4, 0.5) is 4.39 Å². The third-order valence-electron chi connectivity index (χ3n) is 2.26. The monoisotopic (exact) mass is 279 g/mol. The first kappa shape index (κ1) is 10.8. The molecule has 0 spiro atoms. The summed E-state index contributed by atoms with van der Waals surface area (Å²) in [4.78, 5) is 4.06. The minimum Gasteiger partial charge on any atom is -0.303 e. The summed E-state index contributed by atoms with van der Waals surface area (Å²) >= 11 is 3.03. The third-order valence-corrected chi connectivity index (χ3v) is 2.76. The van der Waals surface area contributed by atoms with Crippen LogP contribution in [0.5, 0.6) is 0 Å². The van der Waals surface area contributed by atoms with Crippen LogP contribution in [0.2, 0.25) is 0 Å². The lowest BCUT2D eigenvalue weighted by molar-refractivity contribution is 0.532. The number of imidazole rings is 1. The van der Waals surface area contributed by atoms with E-state index in [1.165, 1.54) is 4.57 Å². The summed E-state index contributed by atoms with van der Waals surface area (Å²) in [6, 6.07) is 8.86. The Balaban J connectivity index is 2.51. The van der Waals surface area contributed by atoms with Crippen molar-refractivity contribution in [2.24, 2.45) is 7.05 Å². The van der Waals surface area contributed by atoms with Gasteiger partial charge in [-0.05, 0) is 40.2 Å². The molecule has 1 aromatic heterocycles. The molecule has 2 rings (SSSR count). The van der Waals surface area contributed by atoms with Crippen molar-refractivity contribution < 1.29 is 4.39 Å². The molecule has 0 aliphatic rings. The minimum atomic E-state index is -0.417. The van der Waals surface area contributed by atoms with Crippen LogP contribution in [0.25, 0.3) is 11.4 Å². The third kappa shape index (κ3) is 1.72. The minimum absolute atomic E-state index is 0.189. The molecule has 5 heteroatoms. The van der Waals surface area contributed by atoms with Crippen molar-refractivity contribution in [3.05, 3.63) is 40.4 Å². The van der Waals surface area contributed by atoms with Gasteiger partial charge < -0.3 is 4.57 Å². The van der Waals surface area contributed by atoms with Gasteiger partial charge in [0.05, 0.1) is 11.6 Å². The summed E-state index contributed by atoms with van der Waals surface area (Å²) in [5.74, 6) is 0.105. The molecule has 0 aliphatic heterocycles. The molecule has 1 aromatic carbocycles. The van der Waals surface area contributed by atoms with Gasteiger partial charge in [0.15, 0.2) is 4.60 Å². The summed E-state index contributed by atoms with van der Waals surface area (Å²) in [5.41, 5.74) is 1.34. The van der Waals surface area contributed by atoms with E-state index in [1.54, 1.807) is 31.3 Å². The van der Waals surface area contributed by atoms with Crippen LogP contribution in [0, 0.1) is 17.3 Å². The molecule has 2 aromatic rings. The number of rotatable bonds is 1. The van der Waals surface area contributed by atoms with Crippen molar-refractivity contribution in [3.8, 4) is 17.5 Å². The van der Waals surface area contributed by atoms with E-state index in [-0.39, 0.29) is 4.60 Å². The molecule has 0 unspecified atom stereocenters. The zero-order valence-corrected chi connectivity index (χ0v) is 9.99. The first-order chi connectivity index (χ1) is 7.63. The second-order valence-electron chi connectivity index (χ2n) is 3.27. The van der Waals surface area contributed by atoms with E-state index >= 15 is 0 Å². The average molecular weight is 280 g/mol. The molecule has 16 heavy (non-hydrogen) atoms. The summed E-state index contributed by atoms with van der Waals surface area (Å²) in [6.45, 7) is 0. The van der Waals surface area contributed by atoms with Crippen molar-refractivity contribution >= 4 is 15.9 Å². The summed E-state index contributed by atoms with van der Waals surface area (Å²) in [7, 11) is 1.60. The van der Waals surface area contributed by atoms with Crippen molar-refractivity contribution in [3.63, 3.8) is 0 Å². The van der Waals surface area contributed by atoms with Crippen molar-refractivity contribution in [1.29, 1.82) is 5.26 Å². The van der Waals surface area contributed by atoms with Gasteiger partial charge in [-0.3, -0.25) is 0 Å². The highest BCUT2D eigenvalue weighted by Gasteiger charge is 2.13. The molecule has 3 nitrogen and oxygen atoms in total. The normalized spacial score (nSPS) is 10.1. The SMILES string of the molecule is Cn1c(-c2ccc(C#N)cc2)nc(Br)c1F. The molecule has 0 atom stereocenters. The smallest absolute Gasteiger partial charge is 0.228 e. The van der Waals surface area contributed by atoms with Gasteiger partial charge in [-0.15, -0.1) is 0 Å². The Hall–Kier alpha value is -1.67. The Morgan fingerprint density at radius 2 is 2.00 bits per heavy atom. The Morgan fingerprint density at radius 3 is 2.44 bits per heavy atom. The van der Waals surface area contributed by atoms with Crippen LogP contribution < -0.4 is 0 Å². The van der Waals surface area contributed by atoms with E-state index in [0.29, 0.717) is 11.4 Å². The van der Waals surface area contributed by atoms with Crippen LogP contribution >= 0.6 is 15.9 Å². The second kappa shape index (κ2) is 4.06. The zero-order chi connectivity index (χ0) is 11.7. The molecule has 0 fully saturated rings. The Morgan fingerprint density at radius 1 is 1.38 bits per heavy atom. The first-order valence-electron chi connectivity index (χ1n) is 4.51. The maximum Gasteiger partial charge on any atom is 0.228 e. The lowest BCUT2D eigenvalue weighted by Crippen LogP contribution is -1.95. The van der Waals surface area contributed by atoms with Crippen molar-refractivity contribution in [2.45, 2.75) is 0 Å². The predicted molar refractivity (Wildman–Crippen MR) is 61.0 cm³/mol. The van der Waals surface area contributed by atoms with Gasteiger partial charge in [-0.2, -0.15) is 9.65 Å². The number of hydrogen-bond donors (Lipinski definition) is 0. The van der Waals surface area contributed by atoms with Crippen LogP contribution in [0.15, 0.2) is 28.9 Å². The quantitative estimate of drug-likeness (QED) is 0.806. The van der Waals surface area contributed by atoms with Gasteiger partial charge >= 0.3 is 0 Å². The Bertz CT molecular complexity index is 566. The molecular weight excluding hydrogens is 273 g/mol. The lowest BCUT2D eigenvalue weighted by atomic mass is 10.1. The molecular formula is C11H7BrFN3. The number of nitrogens with zero attached hydrogens (tertiary/aromatic N) is 3. The van der Waals surface area contributed by atoms with E-state index in [0.717, 1.165) is 5.56 Å². The molecule has 1 heterocycles. The lowest BCUT2D eigenvalue weighted by Gasteiger charge is -2.01. The molecule has 0 radical (unpaired) electrons. The van der Waals surface area contributed by atoms with E-state index in [1.807, 2.05) is 6.07 Å². The molecule has 80 valence electrons. The van der Waals surface area contributed by atoms with E-state index in [4.69, 9.17) is 5.26 Å². The standard InChI is InChI=1S/C11H7BrFN3/c1-16-10(13)9(12)15-11(16)8-4-2-7(6-14)3-5-8/h2-5H,1H3. The fourth-order valence-corrected chi connectivity index (χ4v) is 1.83. The molecule has 0 aliphatic carbocycles. The van der Waals surface area contributed by atoms with Gasteiger partial charge in [0.2, 0.25) is 5.95 Å². The predicted octanol–water partition coefficient (Wildman–Crippen LogP) is 2.86. The number of benzene rings is 1. The van der Waals surface area contributed by atoms with Gasteiger partial charge in [-0.1, -0.05) is 0 Å². The molecule has 0 amide bonds. The first-order valence-corrected chi connectivity index (χ1v) is 5.31. The zero-order valence-electron chi connectivity index (χ0n) is 8.41. The summed E-state index contributed by atoms with van der Waals surface area (Å²) in [5, 5.41) is 8.66. The fourth-order valence-electron chi connectivity index (χ4n) is 1.40. The molecule has 0 N–H and O–H groups in total. The number of halogens is 2. The van der Waals surface area contributed by atoms with Crippen LogP contribution in [-0.2, 0) is 7.05 Å². The molecule has 0 saturated carbocycles. The van der Waals surface area contributed by atoms with E-state index in [9.17, 15) is 4.39 Å². The Labute approximate surface area is 100 Å². The number of nitriles is 1. The van der Waals surface area contributed by atoms with E-state index < -0.39 is 5.95 Å². The molecule has 0 saturated heterocycles. The maximum atomic E-state index is 13.4. The van der Waals surface area contributed by atoms with Crippen molar-refractivity contribution in [1.82, 2.24) is 9.55 Å². The second-order valence-corrected chi connectivity index (χ2v) is 4.02. The van der Waals surface area contributed by atoms with Gasteiger partial charge in [0, 0.05) is 12.6 Å². The Kier molecular flexibility index (Phi) is 2.75. The highest BCUT2D eigenvalue weighted by molar-refractivity contribution is 9.10. The van der Waals surface area contributed by atoms with Crippen LogP contribution in [0.3, 0.4) is 0 Å². The summed E-state index contributed by atoms with van der Waals surface area (Å²) < 4.78 is 14.9. The number of hydrogen-bond acceptors (Lipinski definition) is 2. The van der Waals surface area contributed by atoms with Crippen LogP contribution in [0.1, 0.15) is 5.56 Å². The van der Waals surface area contributed by atoms with Crippen molar-refractivity contribution in [2.75, 3.05) is 0 Å². The van der Waals surface area contributed by atoms with Gasteiger partial charge in [0.25, 0.3) is 0 Å². The van der Waals surface area contributed by atoms with Gasteiger partial charge in [-0.25, -0.2) is 4.98 Å². The van der Waals surface area contributed by atoms with Crippen LogP contribution in [-0.4, -0.2) is 9.55 Å². The highest BCUT2D eigenvalue weighted by atomic mass is 79.9. The average Bonchev–Trinajstić information content (AvgIpc) is 2.57. The topological polar surface area (TPSA) is 41.6 Å². The highest BCUT2D eigenvalue weighted by Crippen LogP contribution is 2.23. The largest absolute Gasteiger partial charge is 0.303 e. The number of aromatic nitrogens is 2. The summed E-state index contributed by atoms with van der Waals surface area (Å²) in [6.07, 6.45) is 0. The fraction of sp³-hybridized carbons (Fsp3) is 0.0909. The molecule has 0 bridgehead atoms. The van der Waals surface area contributed by atoms with Gasteiger partial charge in [0.1, 0.15) is 5.82 Å².